The van der Waals surface area contributed by atoms with Gasteiger partial charge in [0.1, 0.15) is 0 Å². The summed E-state index contributed by atoms with van der Waals surface area (Å²) in [6.45, 7) is 0. The van der Waals surface area contributed by atoms with Crippen molar-refractivity contribution in [2.75, 3.05) is 0 Å². The van der Waals surface area contributed by atoms with Crippen LogP contribution in [0.1, 0.15) is 16.8 Å². The van der Waals surface area contributed by atoms with Crippen molar-refractivity contribution in [3.05, 3.63) is 69.9 Å². The Balaban J connectivity index is 2.22. The second-order valence-corrected chi connectivity index (χ2v) is 4.24. The van der Waals surface area contributed by atoms with Crippen molar-refractivity contribution in [1.82, 2.24) is 5.32 Å². The number of nitro groups is 1. The molecule has 0 saturated carbocycles. The smallest absolute Gasteiger partial charge is 0.319 e. The Bertz CT molecular complexity index is 566. The molecule has 0 heterocycles. The SMILES string of the molecule is NC1=CCC(NC(=O)c2ccccc2)([N+](=O)[O-])C=C1. The molecule has 0 radical (unpaired) electrons. The molecule has 0 fully saturated rings. The molecule has 2 rings (SSSR count). The Hall–Kier alpha value is -2.63. The summed E-state index contributed by atoms with van der Waals surface area (Å²) in [4.78, 5) is 22.7. The van der Waals surface area contributed by atoms with Crippen molar-refractivity contribution in [2.24, 2.45) is 5.73 Å². The van der Waals surface area contributed by atoms with Gasteiger partial charge in [0.2, 0.25) is 0 Å². The number of allylic oxidation sites excluding steroid dienone is 1. The van der Waals surface area contributed by atoms with Gasteiger partial charge < -0.3 is 5.73 Å². The zero-order chi connectivity index (χ0) is 13.9. The molecule has 0 bridgehead atoms. The molecule has 1 aromatic carbocycles. The highest BCUT2D eigenvalue weighted by Gasteiger charge is 2.42. The maximum atomic E-state index is 12.0. The molecule has 1 amide bonds. The lowest BCUT2D eigenvalue weighted by molar-refractivity contribution is -0.559. The summed E-state index contributed by atoms with van der Waals surface area (Å²) in [6, 6.07) is 8.36. The van der Waals surface area contributed by atoms with Crippen LogP contribution in [0.3, 0.4) is 0 Å². The van der Waals surface area contributed by atoms with Crippen molar-refractivity contribution < 1.29 is 9.72 Å². The number of hydrogen-bond donors (Lipinski definition) is 2. The van der Waals surface area contributed by atoms with Gasteiger partial charge in [-0.2, -0.15) is 0 Å². The standard InChI is InChI=1S/C13H13N3O3/c14-11-6-8-13(9-7-11,16(18)19)15-12(17)10-4-2-1-3-5-10/h1-8H,9,14H2,(H,15,17). The third kappa shape index (κ3) is 2.62. The maximum absolute atomic E-state index is 12.0. The third-order valence-electron chi connectivity index (χ3n) is 2.89. The van der Waals surface area contributed by atoms with E-state index in [1.54, 1.807) is 30.3 Å². The van der Waals surface area contributed by atoms with Crippen LogP contribution in [-0.2, 0) is 0 Å². The summed E-state index contributed by atoms with van der Waals surface area (Å²) in [5, 5.41) is 13.7. The van der Waals surface area contributed by atoms with E-state index in [4.69, 9.17) is 5.73 Å². The fourth-order valence-corrected chi connectivity index (χ4v) is 1.78. The summed E-state index contributed by atoms with van der Waals surface area (Å²) in [5.41, 5.74) is 4.73. The molecule has 0 spiro atoms. The molecule has 98 valence electrons. The fourth-order valence-electron chi connectivity index (χ4n) is 1.78. The van der Waals surface area contributed by atoms with Gasteiger partial charge in [0.15, 0.2) is 0 Å². The Kier molecular flexibility index (Phi) is 3.33. The molecular weight excluding hydrogens is 246 g/mol. The topological polar surface area (TPSA) is 98.3 Å². The summed E-state index contributed by atoms with van der Waals surface area (Å²) in [5.74, 6) is -0.490. The largest absolute Gasteiger partial charge is 0.399 e. The molecule has 0 aliphatic heterocycles. The average Bonchev–Trinajstić information content (AvgIpc) is 2.42. The van der Waals surface area contributed by atoms with Crippen LogP contribution < -0.4 is 11.1 Å². The lowest BCUT2D eigenvalue weighted by atomic mass is 9.99. The fraction of sp³-hybridized carbons (Fsp3) is 0.154. The van der Waals surface area contributed by atoms with Crippen molar-refractivity contribution in [1.29, 1.82) is 0 Å². The highest BCUT2D eigenvalue weighted by Crippen LogP contribution is 2.20. The highest BCUT2D eigenvalue weighted by molar-refractivity contribution is 5.94. The lowest BCUT2D eigenvalue weighted by Gasteiger charge is -2.24. The van der Waals surface area contributed by atoms with Crippen LogP contribution >= 0.6 is 0 Å². The van der Waals surface area contributed by atoms with Crippen LogP contribution in [0.5, 0.6) is 0 Å². The maximum Gasteiger partial charge on any atom is 0.319 e. The van der Waals surface area contributed by atoms with E-state index >= 15 is 0 Å². The summed E-state index contributed by atoms with van der Waals surface area (Å²) in [6.07, 6.45) is 4.29. The Morgan fingerprint density at radius 2 is 2.05 bits per heavy atom. The van der Waals surface area contributed by atoms with Crippen LogP contribution in [0.4, 0.5) is 0 Å². The monoisotopic (exact) mass is 259 g/mol. The second kappa shape index (κ2) is 4.93. The second-order valence-electron chi connectivity index (χ2n) is 4.24. The van der Waals surface area contributed by atoms with Crippen molar-refractivity contribution in [2.45, 2.75) is 12.1 Å². The average molecular weight is 259 g/mol. The number of carbonyl (C=O) groups excluding carboxylic acids is 1. The number of nitrogens with zero attached hydrogens (tertiary/aromatic N) is 1. The molecule has 1 unspecified atom stereocenters. The summed E-state index contributed by atoms with van der Waals surface area (Å²) >= 11 is 0. The Labute approximate surface area is 109 Å². The molecular formula is C13H13N3O3. The van der Waals surface area contributed by atoms with Gasteiger partial charge in [0, 0.05) is 17.3 Å². The molecule has 1 atom stereocenters. The number of rotatable bonds is 3. The van der Waals surface area contributed by atoms with Crippen LogP contribution in [0.25, 0.3) is 0 Å². The molecule has 0 saturated heterocycles. The first-order valence-corrected chi connectivity index (χ1v) is 5.70. The van der Waals surface area contributed by atoms with Gasteiger partial charge in [-0.3, -0.25) is 20.2 Å². The molecule has 0 aromatic heterocycles. The number of benzene rings is 1. The molecule has 3 N–H and O–H groups in total. The van der Waals surface area contributed by atoms with E-state index in [0.29, 0.717) is 11.3 Å². The van der Waals surface area contributed by atoms with Gasteiger partial charge in [-0.1, -0.05) is 24.3 Å². The van der Waals surface area contributed by atoms with Gasteiger partial charge in [0.05, 0.1) is 11.3 Å². The molecule has 1 aromatic rings. The van der Waals surface area contributed by atoms with E-state index in [0.717, 1.165) is 0 Å². The van der Waals surface area contributed by atoms with Crippen LogP contribution in [0.15, 0.2) is 54.3 Å². The normalized spacial score (nSPS) is 21.6. The molecule has 1 aliphatic rings. The third-order valence-corrected chi connectivity index (χ3v) is 2.89. The van der Waals surface area contributed by atoms with Gasteiger partial charge >= 0.3 is 5.66 Å². The minimum atomic E-state index is -1.63. The first kappa shape index (κ1) is 12.8. The first-order chi connectivity index (χ1) is 9.03. The van der Waals surface area contributed by atoms with E-state index in [9.17, 15) is 14.9 Å². The van der Waals surface area contributed by atoms with E-state index in [1.165, 1.54) is 18.2 Å². The van der Waals surface area contributed by atoms with Crippen molar-refractivity contribution in [3.63, 3.8) is 0 Å². The molecule has 6 heteroatoms. The van der Waals surface area contributed by atoms with Crippen molar-refractivity contribution in [3.8, 4) is 0 Å². The van der Waals surface area contributed by atoms with Crippen molar-refractivity contribution >= 4 is 5.91 Å². The van der Waals surface area contributed by atoms with E-state index in [-0.39, 0.29) is 6.42 Å². The van der Waals surface area contributed by atoms with Gasteiger partial charge in [-0.05, 0) is 18.2 Å². The first-order valence-electron chi connectivity index (χ1n) is 5.70. The van der Waals surface area contributed by atoms with Crippen LogP contribution in [-0.4, -0.2) is 16.5 Å². The lowest BCUT2D eigenvalue weighted by Crippen LogP contribution is -2.53. The van der Waals surface area contributed by atoms with Crippen LogP contribution in [0, 0.1) is 10.1 Å². The van der Waals surface area contributed by atoms with Gasteiger partial charge in [-0.25, -0.2) is 0 Å². The Morgan fingerprint density at radius 1 is 1.37 bits per heavy atom. The summed E-state index contributed by atoms with van der Waals surface area (Å²) in [7, 11) is 0. The minimum Gasteiger partial charge on any atom is -0.399 e. The predicted molar refractivity (Wildman–Crippen MR) is 69.7 cm³/mol. The highest BCUT2D eigenvalue weighted by atomic mass is 16.6. The molecule has 6 nitrogen and oxygen atoms in total. The number of carbonyl (C=O) groups is 1. The van der Waals surface area contributed by atoms with Gasteiger partial charge in [0.25, 0.3) is 5.91 Å². The number of nitrogens with one attached hydrogen (secondary N) is 1. The number of nitrogens with two attached hydrogens (primary N) is 1. The quantitative estimate of drug-likeness (QED) is 0.484. The summed E-state index contributed by atoms with van der Waals surface area (Å²) < 4.78 is 0. The van der Waals surface area contributed by atoms with Gasteiger partial charge in [-0.15, -0.1) is 0 Å². The minimum absolute atomic E-state index is 0.0287. The van der Waals surface area contributed by atoms with Crippen LogP contribution in [0.2, 0.25) is 0 Å². The molecule has 1 aliphatic carbocycles. The zero-order valence-corrected chi connectivity index (χ0v) is 10.1. The van der Waals surface area contributed by atoms with E-state index < -0.39 is 16.5 Å². The predicted octanol–water partition coefficient (Wildman–Crippen LogP) is 1.19. The van der Waals surface area contributed by atoms with E-state index in [1.807, 2.05) is 0 Å². The number of amides is 1. The zero-order valence-electron chi connectivity index (χ0n) is 10.1. The Morgan fingerprint density at radius 3 is 2.58 bits per heavy atom. The number of hydrogen-bond acceptors (Lipinski definition) is 4. The van der Waals surface area contributed by atoms with E-state index in [2.05, 4.69) is 5.32 Å². The molecule has 19 heavy (non-hydrogen) atoms.